The fourth-order valence-electron chi connectivity index (χ4n) is 12.7. The second-order valence-corrected chi connectivity index (χ2v) is 34.3. The van der Waals surface area contributed by atoms with Gasteiger partial charge in [-0.15, -0.1) is 0 Å². The molecule has 0 aliphatic rings. The van der Waals surface area contributed by atoms with E-state index in [-0.39, 0.29) is 19.3 Å². The van der Waals surface area contributed by atoms with E-state index in [1.807, 2.05) is 0 Å². The second kappa shape index (κ2) is 93.5. The predicted molar refractivity (Wildman–Crippen MR) is 509 cm³/mol. The maximum Gasteiger partial charge on any atom is 0.472 e. The summed E-state index contributed by atoms with van der Waals surface area (Å²) in [4.78, 5) is 59.0. The van der Waals surface area contributed by atoms with E-state index in [1.54, 1.807) is 0 Å². The highest BCUT2D eigenvalue weighted by molar-refractivity contribution is 7.47. The van der Waals surface area contributed by atoms with E-state index >= 15 is 0 Å². The molecule has 0 saturated carbocycles. The normalized spacial score (nSPS) is 14.6. The number of carbonyl (C=O) groups is 3. The van der Waals surface area contributed by atoms with Crippen LogP contribution in [0.4, 0.5) is 0 Å². The van der Waals surface area contributed by atoms with Gasteiger partial charge in [0.25, 0.3) is 0 Å². The number of hydrogen-bond acceptors (Lipinski definition) is 14. The van der Waals surface area contributed by atoms with Crippen LogP contribution >= 0.6 is 15.6 Å². The summed E-state index contributed by atoms with van der Waals surface area (Å²) in [7, 11) is -9.83. The van der Waals surface area contributed by atoms with Crippen LogP contribution in [0.1, 0.15) is 380 Å². The summed E-state index contributed by atoms with van der Waals surface area (Å²) in [5.41, 5.74) is 0. The third-order valence-corrected chi connectivity index (χ3v) is 21.7. The molecule has 0 heterocycles. The number of hydrogen-bond donors (Lipinski definition) is 4. The van der Waals surface area contributed by atoms with Crippen LogP contribution in [0.5, 0.6) is 0 Å². The van der Waals surface area contributed by atoms with E-state index in [1.165, 1.54) is 161 Å². The summed E-state index contributed by atoms with van der Waals surface area (Å²) in [6, 6.07) is 0. The lowest BCUT2D eigenvalue weighted by Gasteiger charge is -2.21. The van der Waals surface area contributed by atoms with Gasteiger partial charge in [0, 0.05) is 19.3 Å². The van der Waals surface area contributed by atoms with Crippen molar-refractivity contribution in [2.45, 2.75) is 399 Å². The van der Waals surface area contributed by atoms with Gasteiger partial charge in [-0.3, -0.25) is 32.5 Å². The summed E-state index contributed by atoms with van der Waals surface area (Å²) >= 11 is 0. The first kappa shape index (κ1) is 115. The van der Waals surface area contributed by atoms with Gasteiger partial charge in [0.1, 0.15) is 25.4 Å². The number of aliphatic hydroxyl groups is 2. The second-order valence-electron chi connectivity index (χ2n) is 31.4. The van der Waals surface area contributed by atoms with Crippen LogP contribution in [0, 0.1) is 0 Å². The van der Waals surface area contributed by atoms with Gasteiger partial charge in [-0.25, -0.2) is 9.13 Å². The number of phosphoric acid groups is 2. The lowest BCUT2D eigenvalue weighted by molar-refractivity contribution is -0.161. The van der Waals surface area contributed by atoms with Gasteiger partial charge in [-0.2, -0.15) is 0 Å². The fraction of sp³-hybridized carbons (Fsp3) is 0.660. The standard InChI is InChI=1S/C103H172O16P2/c1-4-7-10-13-16-19-22-25-28-31-34-37-39-41-43-45-47-48-50-52-53-55-57-60-62-65-68-71-74-77-80-83-86-89-101(106)113-92-98(104)93-115-120(109,110)116-94-99(105)95-117-121(111,112)118-97-100(119-103(108)91-88-85-82-79-76-73-70-67-64-59-36-33-30-27-24-21-18-15-12-9-6-3)96-114-102(107)90-87-84-81-78-75-72-69-66-63-61-58-56-54-51-49-46-44-42-40-38-35-32-29-26-23-20-17-14-11-8-5-2/h7-12,16-21,25-30,34-38,41-44,59,67,70,76,79,98-100,104-105H,4-6,13-15,22-24,31-33,39-40,45-58,60-66,68-69,71-75,77-78,80-97H2,1-3H3,(H,109,110)(H,111,112)/b10-7-,11-8-,12-9-,19-16-,20-17-,21-18-,28-25-,29-26-,30-27-,37-34-,38-35-,43-41-,44-42-,59-36-,70-67-,79-76-. The van der Waals surface area contributed by atoms with E-state index in [4.69, 9.17) is 32.3 Å². The Kier molecular flexibility index (Phi) is 89.2. The summed E-state index contributed by atoms with van der Waals surface area (Å²) in [5.74, 6) is -1.62. The van der Waals surface area contributed by atoms with Crippen LogP contribution in [0.3, 0.4) is 0 Å². The van der Waals surface area contributed by atoms with E-state index in [9.17, 15) is 43.5 Å². The maximum atomic E-state index is 13.1. The third kappa shape index (κ3) is 94.9. The molecule has 0 saturated heterocycles. The average molecular weight is 1730 g/mol. The first-order valence-corrected chi connectivity index (χ1v) is 50.7. The minimum absolute atomic E-state index is 0.0447. The van der Waals surface area contributed by atoms with Crippen molar-refractivity contribution >= 4 is 33.6 Å². The van der Waals surface area contributed by atoms with Gasteiger partial charge in [0.2, 0.25) is 0 Å². The Balaban J connectivity index is 4.58. The van der Waals surface area contributed by atoms with Gasteiger partial charge in [0.05, 0.1) is 26.4 Å². The number of carbonyl (C=O) groups excluding carboxylic acids is 3. The molecular formula is C103H172O16P2. The van der Waals surface area contributed by atoms with Gasteiger partial charge < -0.3 is 34.2 Å². The van der Waals surface area contributed by atoms with Gasteiger partial charge in [-0.05, 0) is 161 Å². The molecule has 0 aromatic carbocycles. The van der Waals surface area contributed by atoms with Crippen LogP contribution in [0.25, 0.3) is 0 Å². The molecule has 0 rings (SSSR count). The van der Waals surface area contributed by atoms with E-state index in [0.29, 0.717) is 25.7 Å². The minimum atomic E-state index is -4.96. The molecule has 0 aromatic rings. The van der Waals surface area contributed by atoms with Crippen molar-refractivity contribution in [2.24, 2.45) is 0 Å². The average Bonchev–Trinajstić information content (AvgIpc) is 0.890. The summed E-state index contributed by atoms with van der Waals surface area (Å²) in [5, 5.41) is 20.8. The molecule has 0 aliphatic heterocycles. The molecule has 5 unspecified atom stereocenters. The molecule has 16 nitrogen and oxygen atoms in total. The molecule has 0 spiro atoms. The highest BCUT2D eigenvalue weighted by Gasteiger charge is 2.29. The first-order valence-electron chi connectivity index (χ1n) is 47.7. The molecule has 0 radical (unpaired) electrons. The third-order valence-electron chi connectivity index (χ3n) is 19.8. The lowest BCUT2D eigenvalue weighted by atomic mass is 10.0. The quantitative estimate of drug-likeness (QED) is 0.0146. The van der Waals surface area contributed by atoms with Crippen molar-refractivity contribution in [1.29, 1.82) is 0 Å². The van der Waals surface area contributed by atoms with Crippen molar-refractivity contribution in [2.75, 3.05) is 39.6 Å². The smallest absolute Gasteiger partial charge is 0.463 e. The Labute approximate surface area is 737 Å². The zero-order valence-corrected chi connectivity index (χ0v) is 77.9. The predicted octanol–water partition coefficient (Wildman–Crippen LogP) is 29.8. The summed E-state index contributed by atoms with van der Waals surface area (Å²) in [6.45, 7) is 2.33. The monoisotopic (exact) mass is 1730 g/mol. The molecule has 5 atom stereocenters. The number of allylic oxidation sites excluding steroid dienone is 32. The molecule has 18 heteroatoms. The molecular weight excluding hydrogens is 1560 g/mol. The number of phosphoric ester groups is 2. The highest BCUT2D eigenvalue weighted by atomic mass is 31.2. The minimum Gasteiger partial charge on any atom is -0.463 e. The van der Waals surface area contributed by atoms with Crippen molar-refractivity contribution in [3.05, 3.63) is 194 Å². The number of ether oxygens (including phenoxy) is 3. The Morgan fingerprint density at radius 1 is 0.231 bits per heavy atom. The lowest BCUT2D eigenvalue weighted by Crippen LogP contribution is -2.30. The van der Waals surface area contributed by atoms with Crippen molar-refractivity contribution in [1.82, 2.24) is 0 Å². The van der Waals surface area contributed by atoms with Crippen molar-refractivity contribution in [3.8, 4) is 0 Å². The Hall–Kier alpha value is -5.61. The van der Waals surface area contributed by atoms with Gasteiger partial charge >= 0.3 is 33.6 Å². The van der Waals surface area contributed by atoms with Crippen LogP contribution in [0.2, 0.25) is 0 Å². The topological polar surface area (TPSA) is 231 Å². The molecule has 0 bridgehead atoms. The molecule has 0 amide bonds. The van der Waals surface area contributed by atoms with Gasteiger partial charge in [0.15, 0.2) is 6.10 Å². The zero-order valence-electron chi connectivity index (χ0n) is 76.1. The molecule has 0 fully saturated rings. The zero-order chi connectivity index (χ0) is 87.9. The van der Waals surface area contributed by atoms with Crippen LogP contribution in [-0.2, 0) is 55.8 Å². The molecule has 121 heavy (non-hydrogen) atoms. The van der Waals surface area contributed by atoms with Crippen LogP contribution in [-0.4, -0.2) is 95.9 Å². The largest absolute Gasteiger partial charge is 0.472 e. The molecule has 690 valence electrons. The molecule has 0 aromatic heterocycles. The van der Waals surface area contributed by atoms with E-state index in [0.717, 1.165) is 154 Å². The number of rotatable bonds is 89. The van der Waals surface area contributed by atoms with Crippen molar-refractivity contribution in [3.63, 3.8) is 0 Å². The molecule has 0 aliphatic carbocycles. The first-order chi connectivity index (χ1) is 59.2. The summed E-state index contributed by atoms with van der Waals surface area (Å²) < 4.78 is 61.5. The Morgan fingerprint density at radius 3 is 0.669 bits per heavy atom. The summed E-state index contributed by atoms with van der Waals surface area (Å²) in [6.07, 6.45) is 125. The highest BCUT2D eigenvalue weighted by Crippen LogP contribution is 2.45. The molecule has 4 N–H and O–H groups in total. The van der Waals surface area contributed by atoms with Crippen LogP contribution < -0.4 is 0 Å². The van der Waals surface area contributed by atoms with Crippen molar-refractivity contribution < 1.29 is 75.8 Å². The number of aliphatic hydroxyl groups excluding tert-OH is 2. The van der Waals surface area contributed by atoms with Gasteiger partial charge in [-0.1, -0.05) is 395 Å². The SMILES string of the molecule is CC/C=C\C/C=C\C/C=C\C/C=C\C/C=C\C/C=C\CCCCC(=O)OC(COC(=O)CCCCCCCCCCCCCCCCC/C=C\C/C=C\C/C=C\C/C=C\C/C=C\CC)COP(=O)(O)OCC(O)COP(=O)(O)OCC(O)COC(=O)CCCCCCCCCCCCCCCCCCC/C=C\C/C=C\C/C=C\C/C=C\C/C=C\CC. The number of unbranched alkanes of at least 4 members (excludes halogenated alkanes) is 34. The Morgan fingerprint density at radius 2 is 0.413 bits per heavy atom. The van der Waals surface area contributed by atoms with E-state index in [2.05, 4.69) is 215 Å². The maximum absolute atomic E-state index is 13.1. The fourth-order valence-corrected chi connectivity index (χ4v) is 14.3. The number of esters is 3. The Bertz CT molecular complexity index is 2980. The van der Waals surface area contributed by atoms with E-state index < -0.39 is 91.5 Å². The van der Waals surface area contributed by atoms with Crippen LogP contribution in [0.15, 0.2) is 194 Å².